The molecule has 1 unspecified atom stereocenters. The normalized spacial score (nSPS) is 24.9. The number of aliphatic hydroxyl groups excluding tert-OH is 1. The highest BCUT2D eigenvalue weighted by molar-refractivity contribution is 5.25. The second-order valence-corrected chi connectivity index (χ2v) is 6.74. The first-order chi connectivity index (χ1) is 10.8. The van der Waals surface area contributed by atoms with E-state index in [-0.39, 0.29) is 6.61 Å². The average molecular weight is 304 g/mol. The van der Waals surface area contributed by atoms with E-state index in [1.54, 1.807) is 12.1 Å². The van der Waals surface area contributed by atoms with Gasteiger partial charge in [-0.3, -0.25) is 9.80 Å². The molecule has 1 aliphatic heterocycles. The van der Waals surface area contributed by atoms with Crippen LogP contribution < -0.4 is 0 Å². The molecule has 1 atom stereocenters. The fourth-order valence-electron chi connectivity index (χ4n) is 4.06. The Labute approximate surface area is 133 Å². The molecular formula is C18H28N2O2. The van der Waals surface area contributed by atoms with Crippen LogP contribution in [0.4, 0.5) is 0 Å². The van der Waals surface area contributed by atoms with Crippen molar-refractivity contribution in [3.8, 4) is 5.75 Å². The number of benzene rings is 1. The van der Waals surface area contributed by atoms with E-state index in [0.29, 0.717) is 11.8 Å². The molecule has 2 aliphatic rings. The van der Waals surface area contributed by atoms with Gasteiger partial charge in [-0.2, -0.15) is 0 Å². The van der Waals surface area contributed by atoms with Gasteiger partial charge in [0.25, 0.3) is 0 Å². The van der Waals surface area contributed by atoms with Crippen LogP contribution in [0.5, 0.6) is 5.75 Å². The molecule has 1 saturated heterocycles. The molecule has 0 spiro atoms. The predicted octanol–water partition coefficient (Wildman–Crippen LogP) is 2.20. The van der Waals surface area contributed by atoms with Crippen molar-refractivity contribution in [1.82, 2.24) is 9.80 Å². The fraction of sp³-hybridized carbons (Fsp3) is 0.667. The zero-order chi connectivity index (χ0) is 15.4. The third kappa shape index (κ3) is 3.80. The van der Waals surface area contributed by atoms with Gasteiger partial charge in [-0.15, -0.1) is 0 Å². The molecule has 0 amide bonds. The Hall–Kier alpha value is -1.10. The highest BCUT2D eigenvalue weighted by atomic mass is 16.3. The van der Waals surface area contributed by atoms with E-state index < -0.39 is 0 Å². The van der Waals surface area contributed by atoms with Gasteiger partial charge in [-0.05, 0) is 37.0 Å². The number of nitrogens with zero attached hydrogens (tertiary/aromatic N) is 2. The minimum Gasteiger partial charge on any atom is -0.508 e. The second-order valence-electron chi connectivity index (χ2n) is 6.74. The molecule has 0 aromatic heterocycles. The summed E-state index contributed by atoms with van der Waals surface area (Å²) in [6.07, 6.45) is 6.27. The molecule has 4 heteroatoms. The molecule has 2 N–H and O–H groups in total. The van der Waals surface area contributed by atoms with Crippen LogP contribution in [0.15, 0.2) is 24.3 Å². The van der Waals surface area contributed by atoms with Gasteiger partial charge in [-0.1, -0.05) is 25.0 Å². The number of piperazine rings is 1. The Balaban J connectivity index is 1.60. The predicted molar refractivity (Wildman–Crippen MR) is 87.8 cm³/mol. The maximum absolute atomic E-state index is 9.41. The first-order valence-electron chi connectivity index (χ1n) is 8.63. The maximum atomic E-state index is 9.41. The van der Waals surface area contributed by atoms with Crippen LogP contribution in [0.3, 0.4) is 0 Å². The van der Waals surface area contributed by atoms with Crippen LogP contribution in [-0.4, -0.2) is 58.3 Å². The van der Waals surface area contributed by atoms with E-state index in [1.165, 1.54) is 31.2 Å². The molecule has 0 radical (unpaired) electrons. The van der Waals surface area contributed by atoms with Gasteiger partial charge in [-0.25, -0.2) is 0 Å². The van der Waals surface area contributed by atoms with Crippen LogP contribution in [0.25, 0.3) is 0 Å². The summed E-state index contributed by atoms with van der Waals surface area (Å²) in [6, 6.07) is 8.75. The SMILES string of the molecule is OCCC1CN(Cc2ccc(O)cc2)CCN1C1CCCC1. The topological polar surface area (TPSA) is 46.9 Å². The number of hydrogen-bond acceptors (Lipinski definition) is 4. The van der Waals surface area contributed by atoms with E-state index in [0.717, 1.165) is 38.6 Å². The molecule has 1 heterocycles. The van der Waals surface area contributed by atoms with E-state index in [4.69, 9.17) is 0 Å². The lowest BCUT2D eigenvalue weighted by Crippen LogP contribution is -2.55. The third-order valence-corrected chi connectivity index (χ3v) is 5.21. The summed E-state index contributed by atoms with van der Waals surface area (Å²) in [5.74, 6) is 0.327. The molecule has 1 aliphatic carbocycles. The molecule has 4 nitrogen and oxygen atoms in total. The van der Waals surface area contributed by atoms with Gasteiger partial charge in [0, 0.05) is 44.9 Å². The van der Waals surface area contributed by atoms with Crippen LogP contribution >= 0.6 is 0 Å². The summed E-state index contributed by atoms with van der Waals surface area (Å²) in [5.41, 5.74) is 1.25. The molecule has 122 valence electrons. The van der Waals surface area contributed by atoms with E-state index in [9.17, 15) is 10.2 Å². The Morgan fingerprint density at radius 1 is 1.05 bits per heavy atom. The number of aliphatic hydroxyl groups is 1. The first-order valence-corrected chi connectivity index (χ1v) is 8.63. The van der Waals surface area contributed by atoms with Crippen molar-refractivity contribution in [3.63, 3.8) is 0 Å². The monoisotopic (exact) mass is 304 g/mol. The summed E-state index contributed by atoms with van der Waals surface area (Å²) in [6.45, 7) is 4.46. The van der Waals surface area contributed by atoms with Gasteiger partial charge in [0.15, 0.2) is 0 Å². The van der Waals surface area contributed by atoms with Crippen molar-refractivity contribution in [2.24, 2.45) is 0 Å². The number of phenols is 1. The molecule has 2 fully saturated rings. The Morgan fingerprint density at radius 3 is 2.45 bits per heavy atom. The first kappa shape index (κ1) is 15.8. The zero-order valence-corrected chi connectivity index (χ0v) is 13.3. The maximum Gasteiger partial charge on any atom is 0.115 e. The van der Waals surface area contributed by atoms with E-state index in [2.05, 4.69) is 9.80 Å². The van der Waals surface area contributed by atoms with Crippen molar-refractivity contribution in [2.75, 3.05) is 26.2 Å². The van der Waals surface area contributed by atoms with Crippen molar-refractivity contribution >= 4 is 0 Å². The van der Waals surface area contributed by atoms with Crippen LogP contribution in [0, 0.1) is 0 Å². The summed E-state index contributed by atoms with van der Waals surface area (Å²) in [7, 11) is 0. The van der Waals surface area contributed by atoms with Gasteiger partial charge in [0.1, 0.15) is 5.75 Å². The van der Waals surface area contributed by atoms with Gasteiger partial charge < -0.3 is 10.2 Å². The van der Waals surface area contributed by atoms with E-state index in [1.807, 2.05) is 12.1 Å². The standard InChI is InChI=1S/C18H28N2O2/c21-12-9-17-14-19(13-15-5-7-18(22)8-6-15)10-11-20(17)16-3-1-2-4-16/h5-8,16-17,21-22H,1-4,9-14H2. The Bertz CT molecular complexity index is 457. The van der Waals surface area contributed by atoms with Crippen LogP contribution in [0.2, 0.25) is 0 Å². The highest BCUT2D eigenvalue weighted by Crippen LogP contribution is 2.28. The van der Waals surface area contributed by atoms with Gasteiger partial charge >= 0.3 is 0 Å². The Kier molecular flexibility index (Phi) is 5.34. The molecule has 1 aromatic carbocycles. The highest BCUT2D eigenvalue weighted by Gasteiger charge is 2.32. The number of aromatic hydroxyl groups is 1. The van der Waals surface area contributed by atoms with Crippen molar-refractivity contribution < 1.29 is 10.2 Å². The molecule has 3 rings (SSSR count). The number of rotatable bonds is 5. The lowest BCUT2D eigenvalue weighted by molar-refractivity contribution is 0.0267. The van der Waals surface area contributed by atoms with Gasteiger partial charge in [0.2, 0.25) is 0 Å². The van der Waals surface area contributed by atoms with Crippen LogP contribution in [0.1, 0.15) is 37.7 Å². The lowest BCUT2D eigenvalue weighted by Gasteiger charge is -2.44. The second kappa shape index (κ2) is 7.44. The zero-order valence-electron chi connectivity index (χ0n) is 13.3. The smallest absolute Gasteiger partial charge is 0.115 e. The number of phenolic OH excluding ortho intramolecular Hbond substituents is 1. The summed E-state index contributed by atoms with van der Waals surface area (Å²) in [4.78, 5) is 5.15. The fourth-order valence-corrected chi connectivity index (χ4v) is 4.06. The summed E-state index contributed by atoms with van der Waals surface area (Å²) < 4.78 is 0. The van der Waals surface area contributed by atoms with Crippen molar-refractivity contribution in [3.05, 3.63) is 29.8 Å². The molecular weight excluding hydrogens is 276 g/mol. The van der Waals surface area contributed by atoms with E-state index >= 15 is 0 Å². The summed E-state index contributed by atoms with van der Waals surface area (Å²) in [5, 5.41) is 18.8. The van der Waals surface area contributed by atoms with Gasteiger partial charge in [0.05, 0.1) is 0 Å². The largest absolute Gasteiger partial charge is 0.508 e. The summed E-state index contributed by atoms with van der Waals surface area (Å²) >= 11 is 0. The minimum absolute atomic E-state index is 0.279. The quantitative estimate of drug-likeness (QED) is 0.875. The average Bonchev–Trinajstić information content (AvgIpc) is 3.04. The number of hydrogen-bond donors (Lipinski definition) is 2. The molecule has 1 aromatic rings. The van der Waals surface area contributed by atoms with Crippen molar-refractivity contribution in [2.45, 2.75) is 50.7 Å². The Morgan fingerprint density at radius 2 is 1.77 bits per heavy atom. The van der Waals surface area contributed by atoms with Crippen molar-refractivity contribution in [1.29, 1.82) is 0 Å². The lowest BCUT2D eigenvalue weighted by atomic mass is 10.0. The minimum atomic E-state index is 0.279. The molecule has 1 saturated carbocycles. The molecule has 0 bridgehead atoms. The molecule has 22 heavy (non-hydrogen) atoms. The third-order valence-electron chi connectivity index (χ3n) is 5.21. The van der Waals surface area contributed by atoms with Crippen LogP contribution in [-0.2, 0) is 6.54 Å².